The van der Waals surface area contributed by atoms with Gasteiger partial charge in [0.15, 0.2) is 0 Å². The Balaban J connectivity index is 3.08. The van der Waals surface area contributed by atoms with E-state index in [1.807, 2.05) is 13.0 Å². The summed E-state index contributed by atoms with van der Waals surface area (Å²) in [7, 11) is 1.69. The molecule has 0 fully saturated rings. The molecule has 0 bridgehead atoms. The molecule has 0 atom stereocenters. The van der Waals surface area contributed by atoms with E-state index in [2.05, 4.69) is 5.43 Å². The first-order valence-electron chi connectivity index (χ1n) is 5.37. The highest BCUT2D eigenvalue weighted by Gasteiger charge is 2.14. The van der Waals surface area contributed by atoms with Crippen molar-refractivity contribution in [3.05, 3.63) is 41.5 Å². The molecule has 1 N–H and O–H groups in total. The van der Waals surface area contributed by atoms with Gasteiger partial charge in [0.25, 0.3) is 5.91 Å². The van der Waals surface area contributed by atoms with Crippen molar-refractivity contribution in [2.45, 2.75) is 6.92 Å². The maximum absolute atomic E-state index is 12.1. The molecule has 0 saturated heterocycles. The lowest BCUT2D eigenvalue weighted by Gasteiger charge is -2.20. The maximum atomic E-state index is 12.1. The molecule has 89 valence electrons. The second kappa shape index (κ2) is 6.60. The summed E-state index contributed by atoms with van der Waals surface area (Å²) in [6.45, 7) is 2.44. The fraction of sp³-hybridized carbons (Fsp3) is 0.231. The molecule has 1 radical (unpaired) electrons. The molecule has 0 aliphatic heterocycles. The topological polar surface area (TPSA) is 49.4 Å². The standard InChI is InChI=1S/C13H15N2O2/c1-3-15(14-2)13(17)12-9-5-4-7-11(12)8-6-10-16/h4-9,14H,3H2,1-2H3/b8-6+. The lowest BCUT2D eigenvalue weighted by atomic mass is 10.1. The van der Waals surface area contributed by atoms with Crippen LogP contribution in [0.5, 0.6) is 0 Å². The average Bonchev–Trinajstić information content (AvgIpc) is 2.38. The van der Waals surface area contributed by atoms with Crippen molar-refractivity contribution in [2.24, 2.45) is 0 Å². The van der Waals surface area contributed by atoms with Crippen molar-refractivity contribution in [1.29, 1.82) is 0 Å². The van der Waals surface area contributed by atoms with E-state index in [9.17, 15) is 9.59 Å². The van der Waals surface area contributed by atoms with Gasteiger partial charge >= 0.3 is 0 Å². The van der Waals surface area contributed by atoms with E-state index in [0.29, 0.717) is 17.7 Å². The van der Waals surface area contributed by atoms with E-state index in [0.717, 1.165) is 0 Å². The normalized spacial score (nSPS) is 10.5. The molecule has 1 aromatic rings. The van der Waals surface area contributed by atoms with Crippen LogP contribution in [0.25, 0.3) is 6.08 Å². The van der Waals surface area contributed by atoms with Crippen LogP contribution in [-0.2, 0) is 4.79 Å². The molecule has 17 heavy (non-hydrogen) atoms. The van der Waals surface area contributed by atoms with Gasteiger partial charge in [-0.15, -0.1) is 0 Å². The molecule has 0 aliphatic carbocycles. The van der Waals surface area contributed by atoms with Gasteiger partial charge in [0, 0.05) is 19.2 Å². The van der Waals surface area contributed by atoms with Gasteiger partial charge in [-0.3, -0.25) is 14.6 Å². The smallest absolute Gasteiger partial charge is 0.268 e. The molecule has 0 saturated carbocycles. The number of amides is 1. The van der Waals surface area contributed by atoms with Crippen LogP contribution in [0.15, 0.2) is 30.3 Å². The number of hydrogen-bond donors (Lipinski definition) is 1. The highest BCUT2D eigenvalue weighted by atomic mass is 16.2. The van der Waals surface area contributed by atoms with Crippen LogP contribution in [0.4, 0.5) is 0 Å². The maximum Gasteiger partial charge on any atom is 0.268 e. The Kier molecular flexibility index (Phi) is 5.10. The summed E-state index contributed by atoms with van der Waals surface area (Å²) in [4.78, 5) is 22.3. The van der Waals surface area contributed by atoms with E-state index in [1.54, 1.807) is 37.6 Å². The van der Waals surface area contributed by atoms with Crippen LogP contribution < -0.4 is 5.43 Å². The number of hydrogen-bond acceptors (Lipinski definition) is 3. The van der Waals surface area contributed by atoms with E-state index in [1.165, 1.54) is 11.1 Å². The second-order valence-corrected chi connectivity index (χ2v) is 3.31. The number of nitrogens with zero attached hydrogens (tertiary/aromatic N) is 1. The number of benzene rings is 1. The van der Waals surface area contributed by atoms with Crippen molar-refractivity contribution >= 4 is 18.3 Å². The van der Waals surface area contributed by atoms with Gasteiger partial charge in [0.05, 0.1) is 0 Å². The first-order chi connectivity index (χ1) is 8.24. The molecule has 1 amide bonds. The fourth-order valence-corrected chi connectivity index (χ4v) is 1.51. The van der Waals surface area contributed by atoms with Gasteiger partial charge in [-0.05, 0) is 24.6 Å². The number of carbonyl (C=O) groups is 1. The third kappa shape index (κ3) is 3.26. The molecular formula is C13H15N2O2. The first kappa shape index (κ1) is 13.1. The SMILES string of the molecule is CCN(NC)C(=O)c1ccccc1/C=C/[C]=O. The van der Waals surface area contributed by atoms with Gasteiger partial charge in [-0.2, -0.15) is 0 Å². The fourth-order valence-electron chi connectivity index (χ4n) is 1.51. The molecule has 0 unspecified atom stereocenters. The summed E-state index contributed by atoms with van der Waals surface area (Å²) in [5, 5.41) is 1.50. The summed E-state index contributed by atoms with van der Waals surface area (Å²) in [5.41, 5.74) is 4.07. The van der Waals surface area contributed by atoms with Crippen molar-refractivity contribution in [2.75, 3.05) is 13.6 Å². The summed E-state index contributed by atoms with van der Waals surface area (Å²) in [5.74, 6) is -0.124. The molecule has 0 aliphatic rings. The van der Waals surface area contributed by atoms with Crippen LogP contribution in [-0.4, -0.2) is 30.8 Å². The molecule has 4 nitrogen and oxygen atoms in total. The van der Waals surface area contributed by atoms with Gasteiger partial charge in [-0.1, -0.05) is 24.3 Å². The number of allylic oxidation sites excluding steroid dienone is 1. The van der Waals surface area contributed by atoms with Crippen molar-refractivity contribution in [3.8, 4) is 0 Å². The van der Waals surface area contributed by atoms with Gasteiger partial charge < -0.3 is 0 Å². The lowest BCUT2D eigenvalue weighted by molar-refractivity contribution is 0.0693. The predicted molar refractivity (Wildman–Crippen MR) is 66.9 cm³/mol. The summed E-state index contributed by atoms with van der Waals surface area (Å²) in [6, 6.07) is 7.12. The molecule has 0 aromatic heterocycles. The summed E-state index contributed by atoms with van der Waals surface area (Å²) >= 11 is 0. The average molecular weight is 231 g/mol. The van der Waals surface area contributed by atoms with Gasteiger partial charge in [0.1, 0.15) is 0 Å². The molecular weight excluding hydrogens is 216 g/mol. The van der Waals surface area contributed by atoms with Crippen LogP contribution >= 0.6 is 0 Å². The van der Waals surface area contributed by atoms with Gasteiger partial charge in [0.2, 0.25) is 6.29 Å². The van der Waals surface area contributed by atoms with Gasteiger partial charge in [-0.25, -0.2) is 5.43 Å². The predicted octanol–water partition coefficient (Wildman–Crippen LogP) is 1.41. The van der Waals surface area contributed by atoms with E-state index >= 15 is 0 Å². The molecule has 1 aromatic carbocycles. The molecule has 4 heteroatoms. The minimum atomic E-state index is -0.124. The van der Waals surface area contributed by atoms with Crippen molar-refractivity contribution in [3.63, 3.8) is 0 Å². The minimum Gasteiger partial charge on any atom is -0.286 e. The Morgan fingerprint density at radius 3 is 2.76 bits per heavy atom. The van der Waals surface area contributed by atoms with E-state index in [4.69, 9.17) is 0 Å². The van der Waals surface area contributed by atoms with E-state index < -0.39 is 0 Å². The zero-order valence-electron chi connectivity index (χ0n) is 9.93. The van der Waals surface area contributed by atoms with Crippen LogP contribution in [0.1, 0.15) is 22.8 Å². The number of rotatable bonds is 5. The molecule has 0 spiro atoms. The second-order valence-electron chi connectivity index (χ2n) is 3.31. The van der Waals surface area contributed by atoms with Crippen LogP contribution in [0, 0.1) is 0 Å². The van der Waals surface area contributed by atoms with Crippen molar-refractivity contribution < 1.29 is 9.59 Å². The third-order valence-electron chi connectivity index (χ3n) is 2.35. The Hall–Kier alpha value is -1.94. The Bertz CT molecular complexity index is 423. The summed E-state index contributed by atoms with van der Waals surface area (Å²) < 4.78 is 0. The minimum absolute atomic E-state index is 0.124. The van der Waals surface area contributed by atoms with Crippen LogP contribution in [0.3, 0.4) is 0 Å². The Morgan fingerprint density at radius 1 is 1.47 bits per heavy atom. The summed E-state index contributed by atoms with van der Waals surface area (Å²) in [6.07, 6.45) is 4.49. The third-order valence-corrected chi connectivity index (χ3v) is 2.35. The Morgan fingerprint density at radius 2 is 2.18 bits per heavy atom. The van der Waals surface area contributed by atoms with E-state index in [-0.39, 0.29) is 5.91 Å². The lowest BCUT2D eigenvalue weighted by Crippen LogP contribution is -2.40. The highest BCUT2D eigenvalue weighted by molar-refractivity contribution is 5.98. The largest absolute Gasteiger partial charge is 0.286 e. The molecule has 0 heterocycles. The monoisotopic (exact) mass is 231 g/mol. The van der Waals surface area contributed by atoms with Crippen molar-refractivity contribution in [1.82, 2.24) is 10.4 Å². The number of hydrazine groups is 1. The first-order valence-corrected chi connectivity index (χ1v) is 5.37. The zero-order chi connectivity index (χ0) is 12.7. The molecule has 1 rings (SSSR count). The highest BCUT2D eigenvalue weighted by Crippen LogP contribution is 2.12. The quantitative estimate of drug-likeness (QED) is 0.615. The number of carbonyl (C=O) groups excluding carboxylic acids is 2. The Labute approximate surface area is 101 Å². The van der Waals surface area contributed by atoms with Crippen LogP contribution in [0.2, 0.25) is 0 Å². The number of nitrogens with one attached hydrogen (secondary N) is 1. The zero-order valence-corrected chi connectivity index (χ0v) is 9.93.